The molecule has 0 aliphatic carbocycles. The van der Waals surface area contributed by atoms with E-state index in [9.17, 15) is 4.79 Å². The molecule has 3 aliphatic rings. The lowest BCUT2D eigenvalue weighted by Gasteiger charge is -2.48. The average Bonchev–Trinajstić information content (AvgIpc) is 2.55. The first-order chi connectivity index (χ1) is 11.9. The van der Waals surface area contributed by atoms with Gasteiger partial charge in [-0.15, -0.1) is 0 Å². The molecule has 25 heavy (non-hydrogen) atoms. The minimum atomic E-state index is -0.405. The molecule has 0 aromatic heterocycles. The van der Waals surface area contributed by atoms with Gasteiger partial charge < -0.3 is 19.3 Å². The van der Waals surface area contributed by atoms with E-state index in [1.54, 1.807) is 0 Å². The molecule has 3 fully saturated rings. The average molecular weight is 353 g/mol. The van der Waals surface area contributed by atoms with Gasteiger partial charge in [0.15, 0.2) is 0 Å². The summed E-state index contributed by atoms with van der Waals surface area (Å²) in [5, 5.41) is 0. The normalized spacial score (nSPS) is 26.0. The molecule has 0 atom stereocenters. The van der Waals surface area contributed by atoms with Gasteiger partial charge in [0, 0.05) is 39.4 Å². The van der Waals surface area contributed by atoms with Gasteiger partial charge in [-0.2, -0.15) is 0 Å². The summed E-state index contributed by atoms with van der Waals surface area (Å²) in [7, 11) is 0. The van der Waals surface area contributed by atoms with E-state index < -0.39 is 5.60 Å². The van der Waals surface area contributed by atoms with E-state index in [2.05, 4.69) is 4.90 Å². The minimum Gasteiger partial charge on any atom is -0.444 e. The maximum Gasteiger partial charge on any atom is 0.410 e. The predicted octanol–water partition coefficient (Wildman–Crippen LogP) is 3.53. The maximum atomic E-state index is 12.3. The van der Waals surface area contributed by atoms with Crippen LogP contribution in [0.2, 0.25) is 0 Å². The summed E-state index contributed by atoms with van der Waals surface area (Å²) >= 11 is 0. The number of hydrogen-bond acceptors (Lipinski definition) is 4. The number of nitrogens with zero attached hydrogens (tertiary/aromatic N) is 2. The van der Waals surface area contributed by atoms with E-state index in [4.69, 9.17) is 9.47 Å². The van der Waals surface area contributed by atoms with Crippen LogP contribution in [0.5, 0.6) is 0 Å². The van der Waals surface area contributed by atoms with Crippen LogP contribution in [0, 0.1) is 11.3 Å². The number of amides is 1. The molecule has 0 aromatic carbocycles. The first-order valence-electron chi connectivity index (χ1n) is 10.1. The highest BCUT2D eigenvalue weighted by molar-refractivity contribution is 5.68. The number of hydrogen-bond donors (Lipinski definition) is 0. The first-order valence-corrected chi connectivity index (χ1v) is 10.1. The zero-order chi connectivity index (χ0) is 17.9. The van der Waals surface area contributed by atoms with E-state index in [0.717, 1.165) is 45.1 Å². The second kappa shape index (κ2) is 7.83. The van der Waals surface area contributed by atoms with Gasteiger partial charge in [0.1, 0.15) is 5.60 Å². The Morgan fingerprint density at radius 3 is 2.44 bits per heavy atom. The van der Waals surface area contributed by atoms with E-state index in [1.165, 1.54) is 45.3 Å². The summed E-state index contributed by atoms with van der Waals surface area (Å²) < 4.78 is 11.0. The highest BCUT2D eigenvalue weighted by Gasteiger charge is 2.40. The Kier molecular flexibility index (Phi) is 5.94. The molecule has 144 valence electrons. The SMILES string of the molecule is CC(C)(C)OC(=O)N1CCC2(CCCN(CC3CCOCC3)C2)CC1. The lowest BCUT2D eigenvalue weighted by atomic mass is 9.72. The fourth-order valence-corrected chi connectivity index (χ4v) is 4.66. The molecule has 3 heterocycles. The minimum absolute atomic E-state index is 0.141. The van der Waals surface area contributed by atoms with Crippen molar-refractivity contribution in [3.63, 3.8) is 0 Å². The standard InChI is InChI=1S/C20H36N2O3/c1-19(2,3)25-18(23)22-11-8-20(9-12-22)7-4-10-21(16-20)15-17-5-13-24-14-6-17/h17H,4-16H2,1-3H3. The quantitative estimate of drug-likeness (QED) is 0.762. The molecule has 0 bridgehead atoms. The third kappa shape index (κ3) is 5.33. The van der Waals surface area contributed by atoms with E-state index in [-0.39, 0.29) is 6.09 Å². The van der Waals surface area contributed by atoms with Crippen molar-refractivity contribution in [1.82, 2.24) is 9.80 Å². The van der Waals surface area contributed by atoms with Crippen molar-refractivity contribution in [3.05, 3.63) is 0 Å². The lowest BCUT2D eigenvalue weighted by molar-refractivity contribution is -0.0132. The Morgan fingerprint density at radius 1 is 1.12 bits per heavy atom. The Morgan fingerprint density at radius 2 is 1.80 bits per heavy atom. The summed E-state index contributed by atoms with van der Waals surface area (Å²) in [4.78, 5) is 16.9. The lowest BCUT2D eigenvalue weighted by Crippen LogP contribution is -2.52. The van der Waals surface area contributed by atoms with Crippen LogP contribution < -0.4 is 0 Å². The topological polar surface area (TPSA) is 42.0 Å². The Labute approximate surface area is 153 Å². The highest BCUT2D eigenvalue weighted by atomic mass is 16.6. The van der Waals surface area contributed by atoms with Crippen molar-refractivity contribution in [2.75, 3.05) is 45.9 Å². The van der Waals surface area contributed by atoms with Gasteiger partial charge in [-0.05, 0) is 77.2 Å². The van der Waals surface area contributed by atoms with Gasteiger partial charge in [-0.25, -0.2) is 4.79 Å². The summed E-state index contributed by atoms with van der Waals surface area (Å²) in [6.45, 7) is 13.1. The van der Waals surface area contributed by atoms with Gasteiger partial charge in [-0.3, -0.25) is 0 Å². The summed E-state index contributed by atoms with van der Waals surface area (Å²) in [5.41, 5.74) is 0.0134. The van der Waals surface area contributed by atoms with Crippen LogP contribution in [0.15, 0.2) is 0 Å². The first kappa shape index (κ1) is 19.0. The van der Waals surface area contributed by atoms with Crippen LogP contribution >= 0.6 is 0 Å². The van der Waals surface area contributed by atoms with Crippen molar-refractivity contribution in [3.8, 4) is 0 Å². The molecule has 5 heteroatoms. The third-order valence-corrected chi connectivity index (χ3v) is 6.07. The van der Waals surface area contributed by atoms with Gasteiger partial charge >= 0.3 is 6.09 Å². The fourth-order valence-electron chi connectivity index (χ4n) is 4.66. The van der Waals surface area contributed by atoms with Crippen molar-refractivity contribution in [1.29, 1.82) is 0 Å². The Hall–Kier alpha value is -0.810. The molecular weight excluding hydrogens is 316 g/mol. The zero-order valence-corrected chi connectivity index (χ0v) is 16.4. The summed E-state index contributed by atoms with van der Waals surface area (Å²) in [5.74, 6) is 0.811. The summed E-state index contributed by atoms with van der Waals surface area (Å²) in [6.07, 6.45) is 7.16. The number of carbonyl (C=O) groups excluding carboxylic acids is 1. The molecule has 1 amide bonds. The van der Waals surface area contributed by atoms with Crippen LogP contribution in [-0.4, -0.2) is 67.4 Å². The molecule has 0 saturated carbocycles. The highest BCUT2D eigenvalue weighted by Crippen LogP contribution is 2.40. The number of carbonyl (C=O) groups is 1. The number of piperidine rings is 2. The van der Waals surface area contributed by atoms with Gasteiger partial charge in [0.2, 0.25) is 0 Å². The third-order valence-electron chi connectivity index (χ3n) is 6.07. The van der Waals surface area contributed by atoms with Gasteiger partial charge in [-0.1, -0.05) is 0 Å². The van der Waals surface area contributed by atoms with Gasteiger partial charge in [0.05, 0.1) is 0 Å². The van der Waals surface area contributed by atoms with Crippen LogP contribution in [0.3, 0.4) is 0 Å². The van der Waals surface area contributed by atoms with Crippen molar-refractivity contribution >= 4 is 6.09 Å². The molecule has 0 unspecified atom stereocenters. The van der Waals surface area contributed by atoms with E-state index in [0.29, 0.717) is 5.41 Å². The predicted molar refractivity (Wildman–Crippen MR) is 98.7 cm³/mol. The molecule has 3 saturated heterocycles. The molecule has 5 nitrogen and oxygen atoms in total. The molecule has 3 rings (SSSR count). The molecule has 3 aliphatic heterocycles. The largest absolute Gasteiger partial charge is 0.444 e. The second-order valence-corrected chi connectivity index (χ2v) is 9.36. The molecule has 0 N–H and O–H groups in total. The monoisotopic (exact) mass is 352 g/mol. The summed E-state index contributed by atoms with van der Waals surface area (Å²) in [6, 6.07) is 0. The molecule has 0 aromatic rings. The van der Waals surface area contributed by atoms with Crippen molar-refractivity contribution < 1.29 is 14.3 Å². The zero-order valence-electron chi connectivity index (χ0n) is 16.4. The van der Waals surface area contributed by atoms with E-state index >= 15 is 0 Å². The Balaban J connectivity index is 1.49. The van der Waals surface area contributed by atoms with Crippen LogP contribution in [0.1, 0.15) is 59.3 Å². The molecule has 0 radical (unpaired) electrons. The van der Waals surface area contributed by atoms with Crippen molar-refractivity contribution in [2.45, 2.75) is 64.9 Å². The molecule has 1 spiro atoms. The smallest absolute Gasteiger partial charge is 0.410 e. The van der Waals surface area contributed by atoms with Gasteiger partial charge in [0.25, 0.3) is 0 Å². The Bertz CT molecular complexity index is 446. The van der Waals surface area contributed by atoms with Crippen LogP contribution in [-0.2, 0) is 9.47 Å². The molecular formula is C20H36N2O3. The number of ether oxygens (including phenoxy) is 2. The second-order valence-electron chi connectivity index (χ2n) is 9.36. The number of likely N-dealkylation sites (tertiary alicyclic amines) is 2. The maximum absolute atomic E-state index is 12.3. The van der Waals surface area contributed by atoms with Crippen LogP contribution in [0.25, 0.3) is 0 Å². The fraction of sp³-hybridized carbons (Fsp3) is 0.950. The van der Waals surface area contributed by atoms with Crippen LogP contribution in [0.4, 0.5) is 4.79 Å². The number of rotatable bonds is 2. The van der Waals surface area contributed by atoms with Crippen molar-refractivity contribution in [2.24, 2.45) is 11.3 Å². The van der Waals surface area contributed by atoms with E-state index in [1.807, 2.05) is 25.7 Å².